The van der Waals surface area contributed by atoms with E-state index in [-0.39, 0.29) is 16.2 Å². The summed E-state index contributed by atoms with van der Waals surface area (Å²) >= 11 is 6.07. The Morgan fingerprint density at radius 2 is 1.93 bits per heavy atom. The average molecular weight is 451 g/mol. The predicted molar refractivity (Wildman–Crippen MR) is 112 cm³/mol. The van der Waals surface area contributed by atoms with Gasteiger partial charge >= 0.3 is 5.91 Å². The molecule has 0 atom stereocenters. The number of anilines is 2. The Labute approximate surface area is 177 Å². The number of hydroxylamine groups is 1. The van der Waals surface area contributed by atoms with E-state index in [0.29, 0.717) is 21.9 Å². The van der Waals surface area contributed by atoms with Crippen molar-refractivity contribution in [3.8, 4) is 0 Å². The molecule has 3 aromatic rings. The Kier molecular flexibility index (Phi) is 5.54. The normalized spacial score (nSPS) is 14.7. The van der Waals surface area contributed by atoms with Gasteiger partial charge in [-0.3, -0.25) is 14.7 Å². The third-order valence-corrected chi connectivity index (χ3v) is 6.43. The zero-order valence-corrected chi connectivity index (χ0v) is 17.3. The largest absolute Gasteiger partial charge is 0.451 e. The number of carbonyl (C=O) groups is 1. The van der Waals surface area contributed by atoms with E-state index in [1.807, 2.05) is 4.90 Å². The molecule has 0 radical (unpaired) electrons. The second-order valence-electron chi connectivity index (χ2n) is 6.93. The number of piperidine rings is 1. The SMILES string of the molecule is O=C(NO)c1cc2ccc(S(=O)(=O)Nc3cc(Cl)cnc3N3CCCCC3)cc2o1. The Hall–Kier alpha value is -2.82. The van der Waals surface area contributed by atoms with Crippen molar-refractivity contribution in [1.29, 1.82) is 0 Å². The Morgan fingerprint density at radius 3 is 2.67 bits per heavy atom. The van der Waals surface area contributed by atoms with Gasteiger partial charge in [-0.25, -0.2) is 18.9 Å². The van der Waals surface area contributed by atoms with Crippen LogP contribution in [0.25, 0.3) is 11.0 Å². The highest BCUT2D eigenvalue weighted by molar-refractivity contribution is 7.92. The van der Waals surface area contributed by atoms with Crippen LogP contribution in [0.15, 0.2) is 45.8 Å². The van der Waals surface area contributed by atoms with E-state index in [9.17, 15) is 13.2 Å². The van der Waals surface area contributed by atoms with Crippen LogP contribution >= 0.6 is 11.6 Å². The summed E-state index contributed by atoms with van der Waals surface area (Å²) in [5, 5.41) is 9.56. The van der Waals surface area contributed by atoms with Crippen LogP contribution in [-0.2, 0) is 10.0 Å². The molecule has 1 saturated heterocycles. The maximum Gasteiger partial charge on any atom is 0.310 e. The number of rotatable bonds is 5. The van der Waals surface area contributed by atoms with Crippen molar-refractivity contribution in [2.45, 2.75) is 24.2 Å². The van der Waals surface area contributed by atoms with Crippen LogP contribution in [0.3, 0.4) is 0 Å². The summed E-state index contributed by atoms with van der Waals surface area (Å²) in [5.41, 5.74) is 1.96. The molecule has 1 fully saturated rings. The highest BCUT2D eigenvalue weighted by atomic mass is 35.5. The monoisotopic (exact) mass is 450 g/mol. The van der Waals surface area contributed by atoms with Gasteiger partial charge in [-0.1, -0.05) is 11.6 Å². The van der Waals surface area contributed by atoms with Crippen LogP contribution in [-0.4, -0.2) is 37.6 Å². The van der Waals surface area contributed by atoms with E-state index in [2.05, 4.69) is 9.71 Å². The third-order valence-electron chi connectivity index (χ3n) is 4.86. The van der Waals surface area contributed by atoms with Crippen LogP contribution in [0.1, 0.15) is 29.8 Å². The van der Waals surface area contributed by atoms with E-state index in [0.717, 1.165) is 32.4 Å². The molecule has 0 bridgehead atoms. The number of fused-ring (bicyclic) bond motifs is 1. The maximum absolute atomic E-state index is 13.0. The molecule has 30 heavy (non-hydrogen) atoms. The lowest BCUT2D eigenvalue weighted by Crippen LogP contribution is -2.31. The average Bonchev–Trinajstić information content (AvgIpc) is 3.17. The van der Waals surface area contributed by atoms with Crippen molar-refractivity contribution in [3.63, 3.8) is 0 Å². The zero-order chi connectivity index (χ0) is 21.3. The molecule has 3 heterocycles. The molecule has 1 aromatic carbocycles. The van der Waals surface area contributed by atoms with Crippen molar-refractivity contribution >= 4 is 50.0 Å². The van der Waals surface area contributed by atoms with Gasteiger partial charge in [0.05, 0.1) is 15.6 Å². The molecule has 3 N–H and O–H groups in total. The van der Waals surface area contributed by atoms with Crippen molar-refractivity contribution < 1.29 is 22.8 Å². The number of nitrogens with zero attached hydrogens (tertiary/aromatic N) is 2. The van der Waals surface area contributed by atoms with Gasteiger partial charge < -0.3 is 9.32 Å². The molecule has 1 amide bonds. The molecule has 11 heteroatoms. The minimum atomic E-state index is -3.98. The van der Waals surface area contributed by atoms with Crippen LogP contribution < -0.4 is 15.1 Å². The van der Waals surface area contributed by atoms with Crippen LogP contribution in [0, 0.1) is 0 Å². The van der Waals surface area contributed by atoms with Crippen LogP contribution in [0.4, 0.5) is 11.5 Å². The number of nitrogens with one attached hydrogen (secondary N) is 2. The van der Waals surface area contributed by atoms with Crippen molar-refractivity contribution in [2.24, 2.45) is 0 Å². The standard InChI is InChI=1S/C19H19ClN4O5S/c20-13-9-15(18(21-11-13)24-6-2-1-3-7-24)23-30(27,28)14-5-4-12-8-17(19(25)22-26)29-16(12)10-14/h4-5,8-11,23,26H,1-3,6-7H2,(H,22,25). The summed E-state index contributed by atoms with van der Waals surface area (Å²) in [5.74, 6) is -0.435. The molecule has 9 nitrogen and oxygen atoms in total. The smallest absolute Gasteiger partial charge is 0.310 e. The fourth-order valence-electron chi connectivity index (χ4n) is 3.41. The highest BCUT2D eigenvalue weighted by Crippen LogP contribution is 2.31. The molecule has 0 saturated carbocycles. The maximum atomic E-state index is 13.0. The van der Waals surface area contributed by atoms with E-state index in [1.54, 1.807) is 0 Å². The summed E-state index contributed by atoms with van der Waals surface area (Å²) in [6.07, 6.45) is 4.64. The topological polar surface area (TPSA) is 125 Å². The number of hydrogen-bond acceptors (Lipinski definition) is 7. The lowest BCUT2D eigenvalue weighted by molar-refractivity contribution is 0.0678. The van der Waals surface area contributed by atoms with Gasteiger partial charge in [-0.15, -0.1) is 0 Å². The van der Waals surface area contributed by atoms with Crippen molar-refractivity contribution in [3.05, 3.63) is 47.3 Å². The third kappa shape index (κ3) is 4.07. The first kappa shape index (κ1) is 20.5. The quantitative estimate of drug-likeness (QED) is 0.402. The number of carbonyl (C=O) groups excluding carboxylic acids is 1. The summed E-state index contributed by atoms with van der Waals surface area (Å²) in [6.45, 7) is 1.58. The minimum absolute atomic E-state index is 0.0510. The van der Waals surface area contributed by atoms with Crippen molar-refractivity contribution in [2.75, 3.05) is 22.7 Å². The molecule has 1 aliphatic rings. The molecule has 0 aliphatic carbocycles. The fraction of sp³-hybridized carbons (Fsp3) is 0.263. The predicted octanol–water partition coefficient (Wildman–Crippen LogP) is 3.39. The first-order chi connectivity index (χ1) is 14.4. The van der Waals surface area contributed by atoms with Gasteiger partial charge in [0.1, 0.15) is 5.58 Å². The van der Waals surface area contributed by atoms with E-state index in [1.165, 1.54) is 42.0 Å². The van der Waals surface area contributed by atoms with Gasteiger partial charge in [0.25, 0.3) is 10.0 Å². The van der Waals surface area contributed by atoms with E-state index < -0.39 is 15.9 Å². The lowest BCUT2D eigenvalue weighted by atomic mass is 10.1. The van der Waals surface area contributed by atoms with Gasteiger partial charge in [0.15, 0.2) is 11.6 Å². The minimum Gasteiger partial charge on any atom is -0.451 e. The molecule has 4 rings (SSSR count). The molecule has 2 aromatic heterocycles. The second kappa shape index (κ2) is 8.13. The van der Waals surface area contributed by atoms with Gasteiger partial charge in [0, 0.05) is 30.7 Å². The summed E-state index contributed by atoms with van der Waals surface area (Å²) in [6, 6.07) is 7.16. The summed E-state index contributed by atoms with van der Waals surface area (Å²) in [4.78, 5) is 17.8. The van der Waals surface area contributed by atoms with E-state index in [4.69, 9.17) is 21.2 Å². The van der Waals surface area contributed by atoms with Crippen LogP contribution in [0.2, 0.25) is 5.02 Å². The number of pyridine rings is 1. The Bertz CT molecular complexity index is 1200. The number of benzene rings is 1. The highest BCUT2D eigenvalue weighted by Gasteiger charge is 2.22. The van der Waals surface area contributed by atoms with Crippen LogP contribution in [0.5, 0.6) is 0 Å². The molecular weight excluding hydrogens is 432 g/mol. The van der Waals surface area contributed by atoms with E-state index >= 15 is 0 Å². The fourth-order valence-corrected chi connectivity index (χ4v) is 4.64. The number of amides is 1. The summed E-state index contributed by atoms with van der Waals surface area (Å²) < 4.78 is 34.0. The number of sulfonamides is 1. The van der Waals surface area contributed by atoms with Crippen molar-refractivity contribution in [1.82, 2.24) is 10.5 Å². The number of hydrogen-bond donors (Lipinski definition) is 3. The summed E-state index contributed by atoms with van der Waals surface area (Å²) in [7, 11) is -3.98. The number of furan rings is 1. The Balaban J connectivity index is 1.67. The molecule has 0 spiro atoms. The number of aromatic nitrogens is 1. The second-order valence-corrected chi connectivity index (χ2v) is 9.05. The number of halogens is 1. The Morgan fingerprint density at radius 1 is 1.17 bits per heavy atom. The molecule has 158 valence electrons. The zero-order valence-electron chi connectivity index (χ0n) is 15.8. The first-order valence-electron chi connectivity index (χ1n) is 9.29. The molecule has 0 unspecified atom stereocenters. The lowest BCUT2D eigenvalue weighted by Gasteiger charge is -2.29. The molecule has 1 aliphatic heterocycles. The molecular formula is C19H19ClN4O5S. The van der Waals surface area contributed by atoms with Gasteiger partial charge in [-0.2, -0.15) is 0 Å². The van der Waals surface area contributed by atoms with Gasteiger partial charge in [0.2, 0.25) is 0 Å². The first-order valence-corrected chi connectivity index (χ1v) is 11.1. The van der Waals surface area contributed by atoms with Gasteiger partial charge in [-0.05, 0) is 43.5 Å².